The number of hydrogen-bond donors (Lipinski definition) is 1. The number of hydrogen-bond acceptors (Lipinski definition) is 3. The maximum atomic E-state index is 11.3. The van der Waals surface area contributed by atoms with E-state index in [2.05, 4.69) is 0 Å². The Morgan fingerprint density at radius 2 is 1.93 bits per heavy atom. The van der Waals surface area contributed by atoms with Crippen LogP contribution in [0.4, 0.5) is 0 Å². The van der Waals surface area contributed by atoms with Gasteiger partial charge < -0.3 is 9.84 Å². The van der Waals surface area contributed by atoms with Gasteiger partial charge in [0.05, 0.1) is 18.8 Å². The van der Waals surface area contributed by atoms with Crippen molar-refractivity contribution in [3.63, 3.8) is 0 Å². The number of rotatable bonds is 4. The molecule has 0 spiro atoms. The van der Waals surface area contributed by atoms with Crippen molar-refractivity contribution in [1.29, 1.82) is 0 Å². The fourth-order valence-electron chi connectivity index (χ4n) is 1.02. The first-order chi connectivity index (χ1) is 6.77. The Hall–Kier alpha value is 0.286. The van der Waals surface area contributed by atoms with Gasteiger partial charge in [0.25, 0.3) is 0 Å². The van der Waals surface area contributed by atoms with Gasteiger partial charge in [-0.3, -0.25) is 0 Å². The van der Waals surface area contributed by atoms with E-state index in [9.17, 15) is 4.79 Å². The topological polar surface area (TPSA) is 46.5 Å². The minimum absolute atomic E-state index is 0. The molecule has 1 aromatic rings. The molecule has 0 aromatic heterocycles. The summed E-state index contributed by atoms with van der Waals surface area (Å²) in [7, 11) is 0. The van der Waals surface area contributed by atoms with E-state index in [0.29, 0.717) is 12.2 Å². The zero-order chi connectivity index (χ0) is 10.4. The number of carbonyl (C=O) groups is 1. The van der Waals surface area contributed by atoms with E-state index in [0.717, 1.165) is 12.0 Å². The summed E-state index contributed by atoms with van der Waals surface area (Å²) in [6.07, 6.45) is 0.820. The SMILES string of the molecule is CCCOC(=O)c1ccc(CO)cc1.[KH]. The Morgan fingerprint density at radius 3 is 2.40 bits per heavy atom. The van der Waals surface area contributed by atoms with Crippen molar-refractivity contribution in [2.75, 3.05) is 6.61 Å². The summed E-state index contributed by atoms with van der Waals surface area (Å²) in [5, 5.41) is 8.79. The van der Waals surface area contributed by atoms with Crippen molar-refractivity contribution < 1.29 is 14.6 Å². The molecule has 1 N–H and O–H groups in total. The van der Waals surface area contributed by atoms with Gasteiger partial charge in [0, 0.05) is 0 Å². The van der Waals surface area contributed by atoms with Crippen LogP contribution in [0.1, 0.15) is 29.3 Å². The van der Waals surface area contributed by atoms with Gasteiger partial charge in [-0.25, -0.2) is 4.79 Å². The van der Waals surface area contributed by atoms with E-state index < -0.39 is 0 Å². The second-order valence-corrected chi connectivity index (χ2v) is 2.99. The molecular formula is C11H15KO3. The molecule has 3 nitrogen and oxygen atoms in total. The van der Waals surface area contributed by atoms with Crippen LogP contribution in [0.2, 0.25) is 0 Å². The van der Waals surface area contributed by atoms with E-state index in [1.807, 2.05) is 6.92 Å². The number of aliphatic hydroxyl groups excluding tert-OH is 1. The molecule has 0 atom stereocenters. The van der Waals surface area contributed by atoms with Crippen LogP contribution < -0.4 is 0 Å². The van der Waals surface area contributed by atoms with Crippen LogP contribution in [0.15, 0.2) is 24.3 Å². The standard InChI is InChI=1S/C11H14O3.K.H/c1-2-7-14-11(13)10-5-3-9(8-12)4-6-10;;/h3-6,12H,2,7-8H2,1H3;;. The predicted molar refractivity (Wildman–Crippen MR) is 60.1 cm³/mol. The number of esters is 1. The van der Waals surface area contributed by atoms with E-state index in [4.69, 9.17) is 9.84 Å². The summed E-state index contributed by atoms with van der Waals surface area (Å²) in [5.41, 5.74) is 1.31. The quantitative estimate of drug-likeness (QED) is 0.627. The Morgan fingerprint density at radius 1 is 1.33 bits per heavy atom. The van der Waals surface area contributed by atoms with Gasteiger partial charge in [-0.2, -0.15) is 0 Å². The van der Waals surface area contributed by atoms with Crippen LogP contribution in [0, 0.1) is 0 Å². The van der Waals surface area contributed by atoms with E-state index >= 15 is 0 Å². The Bertz CT molecular complexity index is 295. The first-order valence-electron chi connectivity index (χ1n) is 4.65. The normalized spacial score (nSPS) is 9.20. The molecule has 15 heavy (non-hydrogen) atoms. The van der Waals surface area contributed by atoms with Gasteiger partial charge in [-0.1, -0.05) is 19.1 Å². The van der Waals surface area contributed by atoms with Crippen LogP contribution in [0.5, 0.6) is 0 Å². The van der Waals surface area contributed by atoms with Crippen molar-refractivity contribution in [3.8, 4) is 0 Å². The summed E-state index contributed by atoms with van der Waals surface area (Å²) in [4.78, 5) is 11.3. The molecule has 0 amide bonds. The Kier molecular flexibility index (Phi) is 8.60. The Balaban J connectivity index is 0.00000196. The van der Waals surface area contributed by atoms with E-state index in [1.54, 1.807) is 24.3 Å². The summed E-state index contributed by atoms with van der Waals surface area (Å²) >= 11 is 0. The second kappa shape index (κ2) is 8.44. The van der Waals surface area contributed by atoms with Crippen LogP contribution in [0.3, 0.4) is 0 Å². The number of carbonyl (C=O) groups excluding carboxylic acids is 1. The zero-order valence-electron chi connectivity index (χ0n) is 8.19. The Labute approximate surface area is 132 Å². The molecule has 0 unspecified atom stereocenters. The predicted octanol–water partition coefficient (Wildman–Crippen LogP) is 1.10. The molecule has 1 rings (SSSR count). The van der Waals surface area contributed by atoms with Gasteiger partial charge in [0.1, 0.15) is 0 Å². The molecule has 0 aliphatic rings. The zero-order valence-corrected chi connectivity index (χ0v) is 8.19. The average molecular weight is 234 g/mol. The molecule has 1 aromatic carbocycles. The fraction of sp³-hybridized carbons (Fsp3) is 0.364. The van der Waals surface area contributed by atoms with Crippen molar-refractivity contribution in [1.82, 2.24) is 0 Å². The first kappa shape index (κ1) is 15.3. The molecule has 0 fully saturated rings. The van der Waals surface area contributed by atoms with Gasteiger partial charge in [0.15, 0.2) is 0 Å². The third-order valence-electron chi connectivity index (χ3n) is 1.81. The number of aliphatic hydroxyl groups is 1. The summed E-state index contributed by atoms with van der Waals surface area (Å²) in [5.74, 6) is -0.309. The third-order valence-corrected chi connectivity index (χ3v) is 1.81. The molecule has 0 bridgehead atoms. The van der Waals surface area contributed by atoms with Crippen LogP contribution in [-0.2, 0) is 11.3 Å². The van der Waals surface area contributed by atoms with Crippen molar-refractivity contribution in [2.24, 2.45) is 0 Å². The monoisotopic (exact) mass is 234 g/mol. The van der Waals surface area contributed by atoms with E-state index in [1.165, 1.54) is 0 Å². The number of ether oxygens (including phenoxy) is 1. The number of benzene rings is 1. The molecule has 0 aliphatic carbocycles. The summed E-state index contributed by atoms with van der Waals surface area (Å²) in [6.45, 7) is 2.38. The van der Waals surface area contributed by atoms with Crippen LogP contribution in [-0.4, -0.2) is 69.1 Å². The van der Waals surface area contributed by atoms with Crippen molar-refractivity contribution >= 4 is 57.4 Å². The second-order valence-electron chi connectivity index (χ2n) is 2.99. The minimum atomic E-state index is -0.309. The fourth-order valence-corrected chi connectivity index (χ4v) is 1.02. The molecule has 4 heteroatoms. The molecule has 0 aliphatic heterocycles. The average Bonchev–Trinajstić information content (AvgIpc) is 2.26. The molecule has 0 radical (unpaired) electrons. The molecule has 0 heterocycles. The molecule has 78 valence electrons. The van der Waals surface area contributed by atoms with Gasteiger partial charge >= 0.3 is 57.4 Å². The molecule has 0 saturated heterocycles. The molecular weight excluding hydrogens is 219 g/mol. The maximum absolute atomic E-state index is 11.3. The van der Waals surface area contributed by atoms with Crippen molar-refractivity contribution in [3.05, 3.63) is 35.4 Å². The third kappa shape index (κ3) is 5.24. The van der Waals surface area contributed by atoms with Crippen LogP contribution in [0.25, 0.3) is 0 Å². The van der Waals surface area contributed by atoms with Crippen LogP contribution >= 0.6 is 0 Å². The summed E-state index contributed by atoms with van der Waals surface area (Å²) in [6, 6.07) is 6.73. The van der Waals surface area contributed by atoms with Crippen molar-refractivity contribution in [2.45, 2.75) is 20.0 Å². The summed E-state index contributed by atoms with van der Waals surface area (Å²) < 4.78 is 4.95. The first-order valence-corrected chi connectivity index (χ1v) is 4.65. The molecule has 0 saturated carbocycles. The van der Waals surface area contributed by atoms with E-state index in [-0.39, 0.29) is 64.0 Å². The van der Waals surface area contributed by atoms with Gasteiger partial charge in [-0.15, -0.1) is 0 Å². The van der Waals surface area contributed by atoms with Gasteiger partial charge in [0.2, 0.25) is 0 Å². The van der Waals surface area contributed by atoms with Gasteiger partial charge in [-0.05, 0) is 24.1 Å².